The Labute approximate surface area is 177 Å². The maximum absolute atomic E-state index is 12.8. The summed E-state index contributed by atoms with van der Waals surface area (Å²) in [4.78, 5) is 19.9. The van der Waals surface area contributed by atoms with E-state index >= 15 is 0 Å². The number of hydrogen-bond acceptors (Lipinski definition) is 6. The van der Waals surface area contributed by atoms with Gasteiger partial charge < -0.3 is 14.5 Å². The molecule has 0 spiro atoms. The molecule has 31 heavy (non-hydrogen) atoms. The smallest absolute Gasteiger partial charge is 0.387 e. The molecule has 8 nitrogen and oxygen atoms in total. The monoisotopic (exact) mass is 455 g/mol. The van der Waals surface area contributed by atoms with Crippen LogP contribution in [0.4, 0.5) is 8.78 Å². The first-order chi connectivity index (χ1) is 14.5. The van der Waals surface area contributed by atoms with E-state index in [9.17, 15) is 22.0 Å². The third kappa shape index (κ3) is 4.87. The Kier molecular flexibility index (Phi) is 6.35. The zero-order chi connectivity index (χ0) is 22.9. The number of fused-ring (bicyclic) bond motifs is 1. The molecule has 0 fully saturated rings. The first-order valence-electron chi connectivity index (χ1n) is 9.47. The van der Waals surface area contributed by atoms with Crippen LogP contribution in [0, 0.1) is 13.8 Å². The third-order valence-corrected chi connectivity index (χ3v) is 5.81. The van der Waals surface area contributed by atoms with Crippen LogP contribution in [0.25, 0.3) is 11.2 Å². The Bertz CT molecular complexity index is 1270. The molecule has 0 radical (unpaired) electrons. The van der Waals surface area contributed by atoms with Crippen molar-refractivity contribution in [3.63, 3.8) is 0 Å². The highest BCUT2D eigenvalue weighted by molar-refractivity contribution is 7.90. The largest absolute Gasteiger partial charge is 0.490 e. The lowest BCUT2D eigenvalue weighted by molar-refractivity contribution is -0.0514. The summed E-state index contributed by atoms with van der Waals surface area (Å²) >= 11 is 0. The summed E-state index contributed by atoms with van der Waals surface area (Å²) in [5.74, 6) is -0.573. The van der Waals surface area contributed by atoms with Gasteiger partial charge in [0.25, 0.3) is 0 Å². The fourth-order valence-electron chi connectivity index (χ4n) is 3.37. The van der Waals surface area contributed by atoms with Gasteiger partial charge in [0.15, 0.2) is 17.1 Å². The zero-order valence-electron chi connectivity index (χ0n) is 17.5. The van der Waals surface area contributed by atoms with E-state index in [1.807, 2.05) is 13.8 Å². The highest BCUT2D eigenvalue weighted by Crippen LogP contribution is 2.34. The molecule has 0 amide bonds. The Hall–Kier alpha value is -2.95. The van der Waals surface area contributed by atoms with Gasteiger partial charge in [0.1, 0.15) is 9.84 Å². The first-order valence-corrected chi connectivity index (χ1v) is 11.5. The molecule has 2 aromatic heterocycles. The van der Waals surface area contributed by atoms with Gasteiger partial charge >= 0.3 is 12.3 Å². The van der Waals surface area contributed by atoms with Gasteiger partial charge in [0.2, 0.25) is 0 Å². The highest BCUT2D eigenvalue weighted by atomic mass is 32.2. The van der Waals surface area contributed by atoms with E-state index in [4.69, 9.17) is 4.74 Å². The van der Waals surface area contributed by atoms with E-state index < -0.39 is 33.9 Å². The highest BCUT2D eigenvalue weighted by Gasteiger charge is 2.26. The molecule has 168 valence electrons. The number of ether oxygens (including phenoxy) is 2. The average Bonchev–Trinajstić information content (AvgIpc) is 3.00. The molecule has 2 heterocycles. The summed E-state index contributed by atoms with van der Waals surface area (Å²) in [7, 11) is -3.55. The van der Waals surface area contributed by atoms with Gasteiger partial charge in [-0.1, -0.05) is 6.07 Å². The van der Waals surface area contributed by atoms with Crippen molar-refractivity contribution >= 4 is 21.0 Å². The number of nitrogens with one attached hydrogen (secondary N) is 1. The zero-order valence-corrected chi connectivity index (χ0v) is 18.3. The lowest BCUT2D eigenvalue weighted by atomic mass is 10.1. The van der Waals surface area contributed by atoms with Crippen molar-refractivity contribution in [1.29, 1.82) is 0 Å². The van der Waals surface area contributed by atoms with Crippen LogP contribution in [-0.4, -0.2) is 48.2 Å². The molecule has 0 aliphatic heterocycles. The summed E-state index contributed by atoms with van der Waals surface area (Å²) in [6.45, 7) is 2.47. The van der Waals surface area contributed by atoms with Crippen molar-refractivity contribution in [1.82, 2.24) is 14.5 Å². The molecule has 3 rings (SSSR count). The number of sulfone groups is 1. The maximum atomic E-state index is 12.8. The standard InChI is InChI=1S/C20H23F2N3O5S/c1-5-29-16-8-13(6-7-15(16)30-19(21)22)14(10-31(4,27)28)25-18-17(24-20(25)26)12(3)11(2)9-23-18/h6-9,14,19H,5,10H2,1-4H3,(H,24,26)/t14-/m1/s1. The average molecular weight is 455 g/mol. The predicted octanol–water partition coefficient (Wildman–Crippen LogP) is 2.98. The summed E-state index contributed by atoms with van der Waals surface area (Å²) in [5, 5.41) is 0. The number of benzene rings is 1. The van der Waals surface area contributed by atoms with Crippen LogP contribution in [0.15, 0.2) is 29.2 Å². The number of alkyl halides is 2. The fourth-order valence-corrected chi connectivity index (χ4v) is 4.28. The molecule has 11 heteroatoms. The van der Waals surface area contributed by atoms with Crippen LogP contribution in [0.1, 0.15) is 29.7 Å². The second-order valence-corrected chi connectivity index (χ2v) is 9.38. The quantitative estimate of drug-likeness (QED) is 0.560. The predicted molar refractivity (Wildman–Crippen MR) is 112 cm³/mol. The lowest BCUT2D eigenvalue weighted by Gasteiger charge is -2.20. The van der Waals surface area contributed by atoms with E-state index in [-0.39, 0.29) is 18.1 Å². The van der Waals surface area contributed by atoms with Crippen molar-refractivity contribution < 1.29 is 26.7 Å². The van der Waals surface area contributed by atoms with Crippen LogP contribution in [0.5, 0.6) is 11.5 Å². The molecule has 0 saturated heterocycles. The number of rotatable bonds is 8. The molecule has 0 saturated carbocycles. The molecule has 1 aromatic carbocycles. The Morgan fingerprint density at radius 3 is 2.55 bits per heavy atom. The number of aryl methyl sites for hydroxylation is 2. The number of nitrogens with zero attached hydrogens (tertiary/aromatic N) is 2. The molecule has 0 bridgehead atoms. The van der Waals surface area contributed by atoms with Crippen molar-refractivity contribution in [2.45, 2.75) is 33.4 Å². The summed E-state index contributed by atoms with van der Waals surface area (Å²) in [5.41, 5.74) is 2.33. The number of hydrogen-bond donors (Lipinski definition) is 1. The third-order valence-electron chi connectivity index (χ3n) is 4.89. The Morgan fingerprint density at radius 2 is 1.94 bits per heavy atom. The fraction of sp³-hybridized carbons (Fsp3) is 0.400. The molecule has 1 N–H and O–H groups in total. The van der Waals surface area contributed by atoms with Crippen molar-refractivity contribution in [2.24, 2.45) is 0 Å². The molecule has 0 aliphatic carbocycles. The SMILES string of the molecule is CCOc1cc([C@@H](CS(C)(=O)=O)n2c(=O)[nH]c3c(C)c(C)cnc32)ccc1OC(F)F. The molecular weight excluding hydrogens is 432 g/mol. The van der Waals surface area contributed by atoms with Gasteiger partial charge in [-0.2, -0.15) is 8.78 Å². The van der Waals surface area contributed by atoms with E-state index in [1.165, 1.54) is 22.8 Å². The Morgan fingerprint density at radius 1 is 1.23 bits per heavy atom. The Balaban J connectivity index is 2.23. The normalized spacial score (nSPS) is 13.0. The summed E-state index contributed by atoms with van der Waals surface area (Å²) in [6, 6.07) is 3.14. The molecule has 0 unspecified atom stereocenters. The van der Waals surface area contributed by atoms with Crippen LogP contribution in [-0.2, 0) is 9.84 Å². The van der Waals surface area contributed by atoms with Gasteiger partial charge in [-0.15, -0.1) is 0 Å². The summed E-state index contributed by atoms with van der Waals surface area (Å²) in [6.07, 6.45) is 2.66. The minimum Gasteiger partial charge on any atom is -0.490 e. The molecule has 3 aromatic rings. The van der Waals surface area contributed by atoms with Crippen LogP contribution < -0.4 is 15.2 Å². The molecular formula is C20H23F2N3O5S. The van der Waals surface area contributed by atoms with E-state index in [0.717, 1.165) is 17.4 Å². The van der Waals surface area contributed by atoms with E-state index in [1.54, 1.807) is 13.1 Å². The second kappa shape index (κ2) is 8.66. The van der Waals surface area contributed by atoms with Gasteiger partial charge in [-0.05, 0) is 49.6 Å². The van der Waals surface area contributed by atoms with Crippen molar-refractivity contribution in [3.8, 4) is 11.5 Å². The molecule has 1 atom stereocenters. The lowest BCUT2D eigenvalue weighted by Crippen LogP contribution is -2.28. The van der Waals surface area contributed by atoms with Crippen molar-refractivity contribution in [3.05, 3.63) is 51.6 Å². The van der Waals surface area contributed by atoms with Gasteiger partial charge in [0, 0.05) is 12.5 Å². The van der Waals surface area contributed by atoms with Gasteiger partial charge in [-0.3, -0.25) is 4.57 Å². The topological polar surface area (TPSA) is 103 Å². The van der Waals surface area contributed by atoms with Gasteiger partial charge in [0.05, 0.1) is 23.9 Å². The van der Waals surface area contributed by atoms with Crippen LogP contribution in [0.2, 0.25) is 0 Å². The second-order valence-electron chi connectivity index (χ2n) is 7.19. The summed E-state index contributed by atoms with van der Waals surface area (Å²) < 4.78 is 61.0. The minimum atomic E-state index is -3.55. The first kappa shape index (κ1) is 22.7. The van der Waals surface area contributed by atoms with Crippen LogP contribution in [0.3, 0.4) is 0 Å². The molecule has 0 aliphatic rings. The van der Waals surface area contributed by atoms with E-state index in [2.05, 4.69) is 14.7 Å². The maximum Gasteiger partial charge on any atom is 0.387 e. The number of H-pyrrole nitrogens is 1. The number of pyridine rings is 1. The van der Waals surface area contributed by atoms with Crippen molar-refractivity contribution in [2.75, 3.05) is 18.6 Å². The number of aromatic nitrogens is 3. The number of halogens is 2. The van der Waals surface area contributed by atoms with Crippen LogP contribution >= 0.6 is 0 Å². The van der Waals surface area contributed by atoms with Gasteiger partial charge in [-0.25, -0.2) is 18.2 Å². The number of aromatic amines is 1. The minimum absolute atomic E-state index is 0.0201. The van der Waals surface area contributed by atoms with E-state index in [0.29, 0.717) is 16.7 Å². The number of imidazole rings is 1.